The number of alkyl halides is 3. The molecule has 0 spiro atoms. The molecule has 1 fully saturated rings. The van der Waals surface area contributed by atoms with Crippen LogP contribution in [0.15, 0.2) is 10.9 Å². The van der Waals surface area contributed by atoms with Crippen LogP contribution in [-0.4, -0.2) is 29.2 Å². The van der Waals surface area contributed by atoms with Crippen molar-refractivity contribution in [3.63, 3.8) is 0 Å². The maximum atomic E-state index is 12.4. The quantitative estimate of drug-likeness (QED) is 0.864. The summed E-state index contributed by atoms with van der Waals surface area (Å²) in [6.07, 6.45) is -2.91. The number of nitrogens with zero attached hydrogens (tertiary/aromatic N) is 1. The third-order valence-corrected chi connectivity index (χ3v) is 2.55. The van der Waals surface area contributed by atoms with Gasteiger partial charge in [0.05, 0.1) is 6.10 Å². The van der Waals surface area contributed by atoms with Gasteiger partial charge in [-0.2, -0.15) is 13.2 Å². The van der Waals surface area contributed by atoms with E-state index in [1.165, 1.54) is 0 Å². The lowest BCUT2D eigenvalue weighted by Gasteiger charge is -2.12. The monoisotopic (exact) mass is 263 g/mol. The molecule has 0 aliphatic carbocycles. The van der Waals surface area contributed by atoms with E-state index in [-0.39, 0.29) is 12.1 Å². The van der Waals surface area contributed by atoms with Crippen LogP contribution in [0, 0.1) is 0 Å². The number of anilines is 1. The van der Waals surface area contributed by atoms with Crippen molar-refractivity contribution in [3.05, 3.63) is 22.1 Å². The van der Waals surface area contributed by atoms with Gasteiger partial charge in [0.25, 0.3) is 5.56 Å². The summed E-state index contributed by atoms with van der Waals surface area (Å²) < 4.78 is 42.6. The van der Waals surface area contributed by atoms with Crippen molar-refractivity contribution < 1.29 is 17.9 Å². The third-order valence-electron chi connectivity index (χ3n) is 2.55. The molecule has 1 aliphatic rings. The molecule has 1 unspecified atom stereocenters. The molecule has 0 saturated carbocycles. The van der Waals surface area contributed by atoms with Crippen LogP contribution in [0.3, 0.4) is 0 Å². The van der Waals surface area contributed by atoms with Gasteiger partial charge in [0.1, 0.15) is 0 Å². The minimum Gasteiger partial charge on any atom is -0.376 e. The first-order valence-corrected chi connectivity index (χ1v) is 5.49. The molecule has 0 amide bonds. The second kappa shape index (κ2) is 4.97. The van der Waals surface area contributed by atoms with Crippen LogP contribution < -0.4 is 10.9 Å². The molecular formula is C10H12F3N3O2. The Hall–Kier alpha value is -1.57. The zero-order valence-corrected chi connectivity index (χ0v) is 9.38. The third kappa shape index (κ3) is 3.22. The van der Waals surface area contributed by atoms with Crippen molar-refractivity contribution in [3.8, 4) is 0 Å². The van der Waals surface area contributed by atoms with E-state index in [1.54, 1.807) is 0 Å². The average molecular weight is 263 g/mol. The van der Waals surface area contributed by atoms with E-state index in [9.17, 15) is 18.0 Å². The molecule has 1 atom stereocenters. The van der Waals surface area contributed by atoms with Gasteiger partial charge in [0.15, 0.2) is 5.69 Å². The van der Waals surface area contributed by atoms with Crippen molar-refractivity contribution in [2.75, 3.05) is 18.5 Å². The van der Waals surface area contributed by atoms with E-state index in [2.05, 4.69) is 15.3 Å². The Morgan fingerprint density at radius 1 is 1.56 bits per heavy atom. The van der Waals surface area contributed by atoms with E-state index >= 15 is 0 Å². The normalized spacial score (nSPS) is 20.1. The predicted octanol–water partition coefficient (Wildman–Crippen LogP) is 1.38. The van der Waals surface area contributed by atoms with Gasteiger partial charge in [-0.3, -0.25) is 9.78 Å². The van der Waals surface area contributed by atoms with Gasteiger partial charge in [-0.1, -0.05) is 0 Å². The average Bonchev–Trinajstić information content (AvgIpc) is 2.77. The topological polar surface area (TPSA) is 67.0 Å². The second-order valence-corrected chi connectivity index (χ2v) is 3.99. The zero-order valence-electron chi connectivity index (χ0n) is 9.38. The van der Waals surface area contributed by atoms with Crippen molar-refractivity contribution >= 4 is 5.95 Å². The number of hydrogen-bond acceptors (Lipinski definition) is 4. The number of rotatable bonds is 3. The van der Waals surface area contributed by atoms with E-state index < -0.39 is 17.4 Å². The number of nitrogens with one attached hydrogen (secondary N) is 2. The minimum absolute atomic E-state index is 0.0511. The van der Waals surface area contributed by atoms with Crippen molar-refractivity contribution in [1.29, 1.82) is 0 Å². The standard InChI is InChI=1S/C10H12F3N3O2/c11-10(12,13)7-4-8(17)16-9(15-7)14-5-6-2-1-3-18-6/h4,6H,1-3,5H2,(H2,14,15,16,17). The lowest BCUT2D eigenvalue weighted by molar-refractivity contribution is -0.141. The summed E-state index contributed by atoms with van der Waals surface area (Å²) in [6, 6.07) is 0.428. The summed E-state index contributed by atoms with van der Waals surface area (Å²) in [7, 11) is 0. The summed E-state index contributed by atoms with van der Waals surface area (Å²) in [5.41, 5.74) is -2.05. The van der Waals surface area contributed by atoms with E-state index in [0.717, 1.165) is 12.8 Å². The molecule has 8 heteroatoms. The van der Waals surface area contributed by atoms with Gasteiger partial charge >= 0.3 is 6.18 Å². The Labute approximate surface area is 100 Å². The minimum atomic E-state index is -4.63. The summed E-state index contributed by atoms with van der Waals surface area (Å²) in [6.45, 7) is 0.975. The Balaban J connectivity index is 2.08. The fraction of sp³-hybridized carbons (Fsp3) is 0.600. The number of ether oxygens (including phenoxy) is 1. The first-order chi connectivity index (χ1) is 8.45. The van der Waals surface area contributed by atoms with Gasteiger partial charge in [-0.15, -0.1) is 0 Å². The zero-order chi connectivity index (χ0) is 13.2. The Morgan fingerprint density at radius 2 is 2.33 bits per heavy atom. The molecule has 1 aliphatic heterocycles. The van der Waals surface area contributed by atoms with Crippen LogP contribution in [-0.2, 0) is 10.9 Å². The van der Waals surface area contributed by atoms with Gasteiger partial charge in [-0.05, 0) is 12.8 Å². The van der Waals surface area contributed by atoms with Gasteiger partial charge in [-0.25, -0.2) is 4.98 Å². The number of halogens is 3. The second-order valence-electron chi connectivity index (χ2n) is 3.99. The van der Waals surface area contributed by atoms with Crippen molar-refractivity contribution in [2.24, 2.45) is 0 Å². The van der Waals surface area contributed by atoms with Crippen molar-refractivity contribution in [1.82, 2.24) is 9.97 Å². The van der Waals surface area contributed by atoms with Crippen LogP contribution >= 0.6 is 0 Å². The molecule has 0 radical (unpaired) electrons. The first-order valence-electron chi connectivity index (χ1n) is 5.49. The molecule has 100 valence electrons. The molecule has 1 saturated heterocycles. The number of hydrogen-bond donors (Lipinski definition) is 2. The van der Waals surface area contributed by atoms with Crippen LogP contribution in [0.2, 0.25) is 0 Å². The highest BCUT2D eigenvalue weighted by atomic mass is 19.4. The fourth-order valence-electron chi connectivity index (χ4n) is 1.70. The molecule has 2 heterocycles. The lowest BCUT2D eigenvalue weighted by Crippen LogP contribution is -2.23. The number of H-pyrrole nitrogens is 1. The first kappa shape index (κ1) is 12.9. The molecule has 0 bridgehead atoms. The van der Waals surface area contributed by atoms with Gasteiger partial charge in [0, 0.05) is 19.2 Å². The van der Waals surface area contributed by atoms with E-state index in [1.807, 2.05) is 0 Å². The SMILES string of the molecule is O=c1cc(C(F)(F)F)nc(NCC2CCCO2)[nH]1. The van der Waals surface area contributed by atoms with Crippen LogP contribution in [0.25, 0.3) is 0 Å². The largest absolute Gasteiger partial charge is 0.433 e. The van der Waals surface area contributed by atoms with Crippen LogP contribution in [0.5, 0.6) is 0 Å². The molecule has 2 N–H and O–H groups in total. The number of aromatic nitrogens is 2. The molecular weight excluding hydrogens is 251 g/mol. The molecule has 1 aromatic heterocycles. The van der Waals surface area contributed by atoms with Crippen molar-refractivity contribution in [2.45, 2.75) is 25.1 Å². The number of aromatic amines is 1. The maximum absolute atomic E-state index is 12.4. The van der Waals surface area contributed by atoms with E-state index in [4.69, 9.17) is 4.74 Å². The summed E-state index contributed by atoms with van der Waals surface area (Å²) in [4.78, 5) is 16.6. The highest BCUT2D eigenvalue weighted by Gasteiger charge is 2.33. The predicted molar refractivity (Wildman–Crippen MR) is 57.3 cm³/mol. The highest BCUT2D eigenvalue weighted by Crippen LogP contribution is 2.26. The van der Waals surface area contributed by atoms with Gasteiger partial charge < -0.3 is 10.1 Å². The van der Waals surface area contributed by atoms with Gasteiger partial charge in [0.2, 0.25) is 5.95 Å². The Morgan fingerprint density at radius 3 is 2.94 bits per heavy atom. The summed E-state index contributed by atoms with van der Waals surface area (Å²) in [5.74, 6) is -0.190. The molecule has 1 aromatic rings. The molecule has 18 heavy (non-hydrogen) atoms. The summed E-state index contributed by atoms with van der Waals surface area (Å²) in [5, 5.41) is 2.65. The smallest absolute Gasteiger partial charge is 0.376 e. The highest BCUT2D eigenvalue weighted by molar-refractivity contribution is 5.26. The van der Waals surface area contributed by atoms with Crippen LogP contribution in [0.1, 0.15) is 18.5 Å². The van der Waals surface area contributed by atoms with Crippen LogP contribution in [0.4, 0.5) is 19.1 Å². The fourth-order valence-corrected chi connectivity index (χ4v) is 1.70. The Kier molecular flexibility index (Phi) is 3.55. The Bertz CT molecular complexity index is 466. The molecule has 5 nitrogen and oxygen atoms in total. The lowest BCUT2D eigenvalue weighted by atomic mass is 10.2. The maximum Gasteiger partial charge on any atom is 0.433 e. The molecule has 0 aromatic carbocycles. The summed E-state index contributed by atoms with van der Waals surface area (Å²) >= 11 is 0. The molecule has 2 rings (SSSR count). The van der Waals surface area contributed by atoms with E-state index in [0.29, 0.717) is 19.2 Å².